The SMILES string of the molecule is CSc1[nH]c(=O)cc2cc3ccccc3cc12. The van der Waals surface area contributed by atoms with Crippen molar-refractivity contribution in [2.45, 2.75) is 5.03 Å². The summed E-state index contributed by atoms with van der Waals surface area (Å²) in [4.78, 5) is 14.4. The van der Waals surface area contributed by atoms with Crippen LogP contribution in [0.5, 0.6) is 0 Å². The number of aromatic amines is 1. The molecular weight excluding hydrogens is 230 g/mol. The number of aromatic nitrogens is 1. The lowest BCUT2D eigenvalue weighted by molar-refractivity contribution is 1.12. The predicted octanol–water partition coefficient (Wildman–Crippen LogP) is 3.40. The van der Waals surface area contributed by atoms with E-state index in [0.29, 0.717) is 0 Å². The molecule has 0 aliphatic heterocycles. The van der Waals surface area contributed by atoms with Gasteiger partial charge in [0.2, 0.25) is 5.56 Å². The van der Waals surface area contributed by atoms with E-state index in [9.17, 15) is 4.79 Å². The van der Waals surface area contributed by atoms with E-state index in [1.807, 2.05) is 18.4 Å². The quantitative estimate of drug-likeness (QED) is 0.523. The van der Waals surface area contributed by atoms with Crippen molar-refractivity contribution in [3.63, 3.8) is 0 Å². The summed E-state index contributed by atoms with van der Waals surface area (Å²) in [6.07, 6.45) is 1.97. The van der Waals surface area contributed by atoms with Crippen molar-refractivity contribution >= 4 is 33.3 Å². The third kappa shape index (κ3) is 1.72. The van der Waals surface area contributed by atoms with Crippen molar-refractivity contribution in [2.75, 3.05) is 6.26 Å². The fourth-order valence-electron chi connectivity index (χ4n) is 2.09. The molecule has 84 valence electrons. The van der Waals surface area contributed by atoms with Gasteiger partial charge in [0.1, 0.15) is 0 Å². The third-order valence-electron chi connectivity index (χ3n) is 2.89. The van der Waals surface area contributed by atoms with Crippen LogP contribution in [0.1, 0.15) is 0 Å². The van der Waals surface area contributed by atoms with E-state index in [1.165, 1.54) is 5.39 Å². The first kappa shape index (κ1) is 10.4. The Balaban J connectivity index is 2.51. The topological polar surface area (TPSA) is 32.9 Å². The molecule has 0 saturated heterocycles. The molecule has 2 nitrogen and oxygen atoms in total. The maximum Gasteiger partial charge on any atom is 0.249 e. The van der Waals surface area contributed by atoms with Crippen molar-refractivity contribution < 1.29 is 0 Å². The first-order chi connectivity index (χ1) is 8.28. The lowest BCUT2D eigenvalue weighted by Crippen LogP contribution is -2.04. The molecule has 0 atom stereocenters. The maximum absolute atomic E-state index is 11.5. The van der Waals surface area contributed by atoms with Crippen LogP contribution in [-0.2, 0) is 0 Å². The summed E-state index contributed by atoms with van der Waals surface area (Å²) < 4.78 is 0. The smallest absolute Gasteiger partial charge is 0.249 e. The average molecular weight is 241 g/mol. The van der Waals surface area contributed by atoms with Crippen molar-refractivity contribution in [1.29, 1.82) is 0 Å². The molecule has 0 aliphatic rings. The minimum absolute atomic E-state index is 0.0443. The number of thioether (sulfide) groups is 1. The first-order valence-electron chi connectivity index (χ1n) is 5.38. The maximum atomic E-state index is 11.5. The second kappa shape index (κ2) is 3.93. The molecule has 0 amide bonds. The highest BCUT2D eigenvalue weighted by atomic mass is 32.2. The predicted molar refractivity (Wildman–Crippen MR) is 73.9 cm³/mol. The zero-order valence-electron chi connectivity index (χ0n) is 9.36. The van der Waals surface area contributed by atoms with Gasteiger partial charge in [0, 0.05) is 11.5 Å². The fraction of sp³-hybridized carbons (Fsp3) is 0.0714. The number of pyridine rings is 1. The second-order valence-electron chi connectivity index (χ2n) is 3.95. The van der Waals surface area contributed by atoms with Gasteiger partial charge in [0.15, 0.2) is 0 Å². The molecule has 0 aliphatic carbocycles. The van der Waals surface area contributed by atoms with Crippen LogP contribution < -0.4 is 5.56 Å². The van der Waals surface area contributed by atoms with Crippen LogP contribution in [0.25, 0.3) is 21.5 Å². The highest BCUT2D eigenvalue weighted by molar-refractivity contribution is 7.98. The van der Waals surface area contributed by atoms with Gasteiger partial charge in [-0.1, -0.05) is 24.3 Å². The van der Waals surface area contributed by atoms with Gasteiger partial charge in [-0.2, -0.15) is 0 Å². The van der Waals surface area contributed by atoms with E-state index < -0.39 is 0 Å². The summed E-state index contributed by atoms with van der Waals surface area (Å²) in [6, 6.07) is 14.0. The minimum Gasteiger partial charge on any atom is -0.317 e. The number of fused-ring (bicyclic) bond motifs is 2. The van der Waals surface area contributed by atoms with Crippen LogP contribution in [-0.4, -0.2) is 11.2 Å². The highest BCUT2D eigenvalue weighted by Gasteiger charge is 2.04. The summed E-state index contributed by atoms with van der Waals surface area (Å²) in [5, 5.41) is 5.39. The van der Waals surface area contributed by atoms with Crippen molar-refractivity contribution in [2.24, 2.45) is 0 Å². The fourth-order valence-corrected chi connectivity index (χ4v) is 2.69. The van der Waals surface area contributed by atoms with E-state index >= 15 is 0 Å². The molecule has 3 rings (SSSR count). The van der Waals surface area contributed by atoms with Gasteiger partial charge in [-0.25, -0.2) is 0 Å². The minimum atomic E-state index is -0.0443. The van der Waals surface area contributed by atoms with E-state index in [0.717, 1.165) is 21.2 Å². The first-order valence-corrected chi connectivity index (χ1v) is 6.60. The Labute approximate surface area is 103 Å². The van der Waals surface area contributed by atoms with Crippen LogP contribution in [0.4, 0.5) is 0 Å². The Morgan fingerprint density at radius 1 is 1.00 bits per heavy atom. The van der Waals surface area contributed by atoms with Gasteiger partial charge >= 0.3 is 0 Å². The molecule has 1 heterocycles. The summed E-state index contributed by atoms with van der Waals surface area (Å²) >= 11 is 1.57. The normalized spacial score (nSPS) is 11.1. The van der Waals surface area contributed by atoms with Gasteiger partial charge in [-0.3, -0.25) is 4.79 Å². The van der Waals surface area contributed by atoms with Crippen molar-refractivity contribution in [3.8, 4) is 0 Å². The Bertz CT molecular complexity index is 761. The zero-order valence-corrected chi connectivity index (χ0v) is 10.2. The standard InChI is InChI=1S/C14H11NOS/c1-17-14-12-7-10-5-3-2-4-9(10)6-11(12)8-13(16)15-14/h2-8H,1H3,(H,15,16). The molecule has 0 unspecified atom stereocenters. The largest absolute Gasteiger partial charge is 0.317 e. The van der Waals surface area contributed by atoms with Gasteiger partial charge in [-0.05, 0) is 34.5 Å². The molecule has 0 saturated carbocycles. The van der Waals surface area contributed by atoms with Gasteiger partial charge in [-0.15, -0.1) is 11.8 Å². The number of hydrogen-bond donors (Lipinski definition) is 1. The van der Waals surface area contributed by atoms with Crippen LogP contribution in [0, 0.1) is 0 Å². The molecule has 3 heteroatoms. The van der Waals surface area contributed by atoms with Crippen LogP contribution in [0.15, 0.2) is 52.3 Å². The number of rotatable bonds is 1. The van der Waals surface area contributed by atoms with E-state index in [2.05, 4.69) is 29.2 Å². The Kier molecular flexibility index (Phi) is 2.41. The molecule has 0 spiro atoms. The van der Waals surface area contributed by atoms with Crippen molar-refractivity contribution in [3.05, 3.63) is 52.8 Å². The van der Waals surface area contributed by atoms with Crippen LogP contribution in [0.2, 0.25) is 0 Å². The number of benzene rings is 2. The molecule has 0 fully saturated rings. The van der Waals surface area contributed by atoms with Gasteiger partial charge < -0.3 is 4.98 Å². The lowest BCUT2D eigenvalue weighted by Gasteiger charge is -2.05. The molecule has 3 aromatic rings. The summed E-state index contributed by atoms with van der Waals surface area (Å²) in [7, 11) is 0. The third-order valence-corrected chi connectivity index (χ3v) is 3.62. The van der Waals surface area contributed by atoms with Crippen molar-refractivity contribution in [1.82, 2.24) is 4.98 Å². The van der Waals surface area contributed by atoms with Gasteiger partial charge in [0.25, 0.3) is 0 Å². The zero-order chi connectivity index (χ0) is 11.8. The van der Waals surface area contributed by atoms with Gasteiger partial charge in [0.05, 0.1) is 5.03 Å². The van der Waals surface area contributed by atoms with Crippen LogP contribution >= 0.6 is 11.8 Å². The number of nitrogens with one attached hydrogen (secondary N) is 1. The monoisotopic (exact) mass is 241 g/mol. The molecule has 0 radical (unpaired) electrons. The Morgan fingerprint density at radius 2 is 1.71 bits per heavy atom. The van der Waals surface area contributed by atoms with E-state index in [4.69, 9.17) is 0 Å². The molecule has 1 aromatic heterocycles. The molecule has 2 aromatic carbocycles. The second-order valence-corrected chi connectivity index (χ2v) is 4.77. The van der Waals surface area contributed by atoms with Crippen LogP contribution in [0.3, 0.4) is 0 Å². The molecular formula is C14H11NOS. The van der Waals surface area contributed by atoms with E-state index in [1.54, 1.807) is 17.8 Å². The Hall–Kier alpha value is -1.74. The highest BCUT2D eigenvalue weighted by Crippen LogP contribution is 2.27. The number of H-pyrrole nitrogens is 1. The van der Waals surface area contributed by atoms with E-state index in [-0.39, 0.29) is 5.56 Å². The molecule has 17 heavy (non-hydrogen) atoms. The molecule has 1 N–H and O–H groups in total. The Morgan fingerprint density at radius 3 is 2.41 bits per heavy atom. The summed E-state index contributed by atoms with van der Waals surface area (Å²) in [5.74, 6) is 0. The summed E-state index contributed by atoms with van der Waals surface area (Å²) in [5.41, 5.74) is -0.0443. The molecule has 0 bridgehead atoms. The number of hydrogen-bond acceptors (Lipinski definition) is 2. The average Bonchev–Trinajstić information content (AvgIpc) is 2.35. The lowest BCUT2D eigenvalue weighted by atomic mass is 10.1. The summed E-state index contributed by atoms with van der Waals surface area (Å²) in [6.45, 7) is 0.